The summed E-state index contributed by atoms with van der Waals surface area (Å²) in [7, 11) is 0. The van der Waals surface area contributed by atoms with Gasteiger partial charge in [-0.3, -0.25) is 0 Å². The first-order valence-corrected chi connectivity index (χ1v) is 6.60. The van der Waals surface area contributed by atoms with Gasteiger partial charge in [0, 0.05) is 18.2 Å². The number of rotatable bonds is 7. The Hall–Kier alpha value is -2.53. The predicted octanol–water partition coefficient (Wildman–Crippen LogP) is -0.880. The number of carboxylic acids is 3. The summed E-state index contributed by atoms with van der Waals surface area (Å²) in [6.07, 6.45) is 2.34. The molecule has 1 atom stereocenters. The van der Waals surface area contributed by atoms with Crippen molar-refractivity contribution < 1.29 is 49.8 Å². The second-order valence-corrected chi connectivity index (χ2v) is 4.29. The molecule has 0 radical (unpaired) electrons. The third kappa shape index (κ3) is 17.7. The molecule has 0 saturated carbocycles. The van der Waals surface area contributed by atoms with Crippen molar-refractivity contribution in [1.82, 2.24) is 0 Å². The van der Waals surface area contributed by atoms with Gasteiger partial charge in [0.1, 0.15) is 0 Å². The lowest BCUT2D eigenvalue weighted by Crippen LogP contribution is -2.39. The van der Waals surface area contributed by atoms with E-state index in [-0.39, 0.29) is 25.9 Å². The fourth-order valence-electron chi connectivity index (χ4n) is 0.857. The van der Waals surface area contributed by atoms with Crippen molar-refractivity contribution in [3.05, 3.63) is 38.0 Å². The van der Waals surface area contributed by atoms with Gasteiger partial charge in [-0.1, -0.05) is 19.7 Å². The zero-order valence-electron chi connectivity index (χ0n) is 13.6. The van der Waals surface area contributed by atoms with Crippen molar-refractivity contribution in [3.63, 3.8) is 0 Å². The molecule has 144 valence electrons. The van der Waals surface area contributed by atoms with Crippen molar-refractivity contribution in [1.29, 1.82) is 0 Å². The molecule has 0 bridgehead atoms. The summed E-state index contributed by atoms with van der Waals surface area (Å²) in [4.78, 5) is 27.8. The van der Waals surface area contributed by atoms with Gasteiger partial charge in [-0.2, -0.15) is 0 Å². The lowest BCUT2D eigenvalue weighted by atomic mass is 9.88. The molecule has 1 rings (SSSR count). The number of hydrogen-bond acceptors (Lipinski definition) is 7. The van der Waals surface area contributed by atoms with E-state index in [1.54, 1.807) is 0 Å². The standard InChI is InChI=1S/C6H12O4.3C3H4O2/c7-2-6(3-8,4-9)5-1-10-5;3*1-2-3(4)5/h5,7-9H,1-4H2;3*2H,1H2,(H,4,5). The van der Waals surface area contributed by atoms with Crippen LogP contribution in [0.5, 0.6) is 0 Å². The summed E-state index contributed by atoms with van der Waals surface area (Å²) >= 11 is 0. The molecule has 1 aliphatic heterocycles. The van der Waals surface area contributed by atoms with Crippen LogP contribution in [0.15, 0.2) is 38.0 Å². The summed E-state index contributed by atoms with van der Waals surface area (Å²) in [5.74, 6) is -2.94. The van der Waals surface area contributed by atoms with E-state index in [2.05, 4.69) is 19.7 Å². The van der Waals surface area contributed by atoms with Crippen LogP contribution in [0.4, 0.5) is 0 Å². The predicted molar refractivity (Wildman–Crippen MR) is 86.9 cm³/mol. The first-order chi connectivity index (χ1) is 11.6. The average molecular weight is 364 g/mol. The SMILES string of the molecule is C=CC(=O)O.C=CC(=O)O.C=CC(=O)O.OCC(CO)(CO)C1CO1. The molecular formula is C15H24O10. The van der Waals surface area contributed by atoms with Crippen LogP contribution in [0.25, 0.3) is 0 Å². The first-order valence-electron chi connectivity index (χ1n) is 6.60. The van der Waals surface area contributed by atoms with Gasteiger partial charge in [-0.25, -0.2) is 14.4 Å². The minimum atomic E-state index is -0.981. The van der Waals surface area contributed by atoms with Crippen LogP contribution in [0.1, 0.15) is 0 Å². The Morgan fingerprint density at radius 1 is 0.840 bits per heavy atom. The Labute approximate surface area is 144 Å². The number of hydrogen-bond donors (Lipinski definition) is 6. The van der Waals surface area contributed by atoms with Gasteiger partial charge in [-0.05, 0) is 0 Å². The number of aliphatic hydroxyl groups excluding tert-OH is 3. The quantitative estimate of drug-likeness (QED) is 0.245. The first kappa shape index (κ1) is 27.3. The summed E-state index contributed by atoms with van der Waals surface area (Å²) in [6.45, 7) is 8.72. The smallest absolute Gasteiger partial charge is 0.327 e. The lowest BCUT2D eigenvalue weighted by molar-refractivity contribution is -0.132. The van der Waals surface area contributed by atoms with Gasteiger partial charge in [-0.15, -0.1) is 0 Å². The third-order valence-electron chi connectivity index (χ3n) is 2.48. The number of carboxylic acid groups (broad SMARTS) is 3. The van der Waals surface area contributed by atoms with Crippen molar-refractivity contribution in [2.75, 3.05) is 26.4 Å². The van der Waals surface area contributed by atoms with E-state index in [1.165, 1.54) is 0 Å². The monoisotopic (exact) mass is 364 g/mol. The number of aliphatic hydroxyl groups is 3. The molecule has 0 amide bonds. The minimum absolute atomic E-state index is 0.160. The zero-order valence-corrected chi connectivity index (χ0v) is 13.6. The number of aliphatic carboxylic acids is 3. The molecule has 0 aliphatic carbocycles. The van der Waals surface area contributed by atoms with Crippen molar-refractivity contribution >= 4 is 17.9 Å². The maximum atomic E-state index is 9.25. The molecule has 1 aliphatic rings. The molecule has 1 saturated heterocycles. The number of ether oxygens (including phenoxy) is 1. The molecule has 1 heterocycles. The highest BCUT2D eigenvalue weighted by Crippen LogP contribution is 2.31. The Morgan fingerprint density at radius 2 is 1.04 bits per heavy atom. The molecule has 0 aromatic rings. The summed E-state index contributed by atoms with van der Waals surface area (Å²) in [6, 6.07) is 0. The number of carbonyl (C=O) groups is 3. The van der Waals surface area contributed by atoms with E-state index >= 15 is 0 Å². The van der Waals surface area contributed by atoms with Gasteiger partial charge < -0.3 is 35.4 Å². The van der Waals surface area contributed by atoms with E-state index < -0.39 is 23.3 Å². The number of epoxide rings is 1. The molecule has 6 N–H and O–H groups in total. The van der Waals surface area contributed by atoms with E-state index in [1.807, 2.05) is 0 Å². The molecule has 0 spiro atoms. The van der Waals surface area contributed by atoms with Crippen LogP contribution in [-0.4, -0.2) is 81.1 Å². The van der Waals surface area contributed by atoms with E-state index in [0.717, 1.165) is 18.2 Å². The molecular weight excluding hydrogens is 340 g/mol. The van der Waals surface area contributed by atoms with Gasteiger partial charge in [0.25, 0.3) is 0 Å². The summed E-state index contributed by atoms with van der Waals surface area (Å²) < 4.78 is 4.87. The highest BCUT2D eigenvalue weighted by Gasteiger charge is 2.45. The minimum Gasteiger partial charge on any atom is -0.478 e. The van der Waals surface area contributed by atoms with Crippen molar-refractivity contribution in [3.8, 4) is 0 Å². The molecule has 10 heteroatoms. The maximum absolute atomic E-state index is 9.25. The Kier molecular flexibility index (Phi) is 17.8. The molecule has 10 nitrogen and oxygen atoms in total. The summed E-state index contributed by atoms with van der Waals surface area (Å²) in [5, 5.41) is 49.2. The Bertz CT molecular complexity index is 385. The molecule has 1 fully saturated rings. The summed E-state index contributed by atoms with van der Waals surface area (Å²) in [5.41, 5.74) is -0.819. The molecule has 0 aromatic carbocycles. The Balaban J connectivity index is -0.000000279. The largest absolute Gasteiger partial charge is 0.478 e. The second-order valence-electron chi connectivity index (χ2n) is 4.29. The fraction of sp³-hybridized carbons (Fsp3) is 0.400. The van der Waals surface area contributed by atoms with Gasteiger partial charge >= 0.3 is 17.9 Å². The fourth-order valence-corrected chi connectivity index (χ4v) is 0.857. The Morgan fingerprint density at radius 3 is 1.08 bits per heavy atom. The van der Waals surface area contributed by atoms with Crippen LogP contribution in [0.2, 0.25) is 0 Å². The van der Waals surface area contributed by atoms with E-state index in [4.69, 9.17) is 35.4 Å². The highest BCUT2D eigenvalue weighted by molar-refractivity contribution is 5.79. The lowest BCUT2D eigenvalue weighted by Gasteiger charge is -2.24. The topological polar surface area (TPSA) is 185 Å². The normalized spacial score (nSPS) is 13.8. The molecule has 1 unspecified atom stereocenters. The van der Waals surface area contributed by atoms with Crippen molar-refractivity contribution in [2.24, 2.45) is 5.41 Å². The average Bonchev–Trinajstić information content (AvgIpc) is 3.44. The van der Waals surface area contributed by atoms with Gasteiger partial charge in [0.15, 0.2) is 0 Å². The van der Waals surface area contributed by atoms with Gasteiger partial charge in [0.05, 0.1) is 37.9 Å². The van der Waals surface area contributed by atoms with E-state index in [9.17, 15) is 14.4 Å². The van der Waals surface area contributed by atoms with Crippen molar-refractivity contribution in [2.45, 2.75) is 6.10 Å². The third-order valence-corrected chi connectivity index (χ3v) is 2.48. The molecule has 25 heavy (non-hydrogen) atoms. The van der Waals surface area contributed by atoms with Crippen LogP contribution >= 0.6 is 0 Å². The second kappa shape index (κ2) is 16.3. The van der Waals surface area contributed by atoms with Crippen LogP contribution in [0, 0.1) is 5.41 Å². The van der Waals surface area contributed by atoms with Gasteiger partial charge in [0.2, 0.25) is 0 Å². The zero-order chi connectivity index (χ0) is 20.5. The highest BCUT2D eigenvalue weighted by atomic mass is 16.6. The van der Waals surface area contributed by atoms with E-state index in [0.29, 0.717) is 6.61 Å². The van der Waals surface area contributed by atoms with Crippen LogP contribution in [-0.2, 0) is 19.1 Å². The maximum Gasteiger partial charge on any atom is 0.327 e. The van der Waals surface area contributed by atoms with Crippen LogP contribution in [0.3, 0.4) is 0 Å². The van der Waals surface area contributed by atoms with Crippen LogP contribution < -0.4 is 0 Å². The molecule has 0 aromatic heterocycles.